The van der Waals surface area contributed by atoms with E-state index in [1.165, 1.54) is 19.3 Å². The van der Waals surface area contributed by atoms with Crippen LogP contribution in [0, 0.1) is 11.8 Å². The molecule has 7 atom stereocenters. The Morgan fingerprint density at radius 1 is 0.897 bits per heavy atom. The van der Waals surface area contributed by atoms with Crippen LogP contribution in [0.15, 0.2) is 0 Å². The number of piperidine rings is 3. The van der Waals surface area contributed by atoms with Gasteiger partial charge in [-0.2, -0.15) is 0 Å². The molecular weight excluding hydrogens is 508 g/mol. The number of rotatable bonds is 5. The number of hydrogen-bond acceptors (Lipinski definition) is 9. The van der Waals surface area contributed by atoms with E-state index >= 15 is 4.39 Å². The maximum atomic E-state index is 15.3. The van der Waals surface area contributed by atoms with E-state index in [2.05, 4.69) is 31.2 Å². The first-order valence-electron chi connectivity index (χ1n) is 15.0. The van der Waals surface area contributed by atoms with Gasteiger partial charge in [0.15, 0.2) is 0 Å². The normalized spacial score (nSPS) is 39.8. The van der Waals surface area contributed by atoms with Gasteiger partial charge in [0.2, 0.25) is 11.8 Å². The van der Waals surface area contributed by atoms with Gasteiger partial charge in [-0.05, 0) is 51.9 Å². The molecule has 6 saturated heterocycles. The van der Waals surface area contributed by atoms with Crippen molar-refractivity contribution < 1.29 is 18.4 Å². The van der Waals surface area contributed by atoms with E-state index in [0.29, 0.717) is 38.5 Å². The van der Waals surface area contributed by atoms with E-state index in [1.807, 2.05) is 4.90 Å². The van der Waals surface area contributed by atoms with E-state index in [9.17, 15) is 14.0 Å². The second-order valence-corrected chi connectivity index (χ2v) is 12.4. The Labute approximate surface area is 229 Å². The predicted molar refractivity (Wildman–Crippen MR) is 142 cm³/mol. The lowest BCUT2D eigenvalue weighted by Gasteiger charge is -2.49. The number of carbonyl (C=O) groups is 2. The molecule has 0 aliphatic carbocycles. The number of likely N-dealkylation sites (tertiary alicyclic amines) is 3. The molecular formula is C26H45F2N9O2. The number of fused-ring (bicyclic) bond motifs is 1. The highest BCUT2D eigenvalue weighted by Crippen LogP contribution is 2.29. The van der Waals surface area contributed by atoms with E-state index in [4.69, 9.17) is 5.73 Å². The molecule has 7 unspecified atom stereocenters. The lowest BCUT2D eigenvalue weighted by atomic mass is 9.89. The maximum Gasteiger partial charge on any atom is 0.229 e. The molecule has 6 rings (SSSR count). The summed E-state index contributed by atoms with van der Waals surface area (Å²) in [6.07, 6.45) is 2.04. The second kappa shape index (κ2) is 11.8. The summed E-state index contributed by atoms with van der Waals surface area (Å²) in [6.45, 7) is 6.29. The minimum atomic E-state index is -1.14. The Balaban J connectivity index is 1.02. The van der Waals surface area contributed by atoms with Crippen molar-refractivity contribution in [1.29, 1.82) is 0 Å². The van der Waals surface area contributed by atoms with E-state index in [0.717, 1.165) is 26.2 Å². The van der Waals surface area contributed by atoms with Crippen LogP contribution in [0.2, 0.25) is 0 Å². The smallest absolute Gasteiger partial charge is 0.229 e. The van der Waals surface area contributed by atoms with Gasteiger partial charge < -0.3 is 21.3 Å². The molecule has 0 aromatic carbocycles. The minimum absolute atomic E-state index is 0.0124. The van der Waals surface area contributed by atoms with Crippen LogP contribution in [0.3, 0.4) is 0 Å². The Morgan fingerprint density at radius 3 is 2.38 bits per heavy atom. The molecule has 0 saturated carbocycles. The van der Waals surface area contributed by atoms with Crippen LogP contribution in [0.1, 0.15) is 32.1 Å². The molecule has 2 amide bonds. The van der Waals surface area contributed by atoms with Crippen molar-refractivity contribution in [3.63, 3.8) is 0 Å². The van der Waals surface area contributed by atoms with Crippen molar-refractivity contribution in [3.8, 4) is 0 Å². The van der Waals surface area contributed by atoms with Gasteiger partial charge in [0.1, 0.15) is 12.3 Å². The van der Waals surface area contributed by atoms with Gasteiger partial charge in [-0.3, -0.25) is 24.7 Å². The number of hydrogen-bond donors (Lipinski definition) is 5. The summed E-state index contributed by atoms with van der Waals surface area (Å²) in [5.74, 6) is -0.643. The molecule has 0 aromatic rings. The van der Waals surface area contributed by atoms with Crippen LogP contribution >= 0.6 is 0 Å². The SMILES string of the molecule is NC1NN2CC(F)CNC2C1C(=O)NC1CNCC(F)C1N1CCC(C(=O)N2CC(N3CCCCC3)C2)CC1. The van der Waals surface area contributed by atoms with Crippen LogP contribution in [-0.4, -0.2) is 140 Å². The summed E-state index contributed by atoms with van der Waals surface area (Å²) in [5, 5.41) is 10.9. The molecule has 11 nitrogen and oxygen atoms in total. The van der Waals surface area contributed by atoms with E-state index in [-0.39, 0.29) is 37.4 Å². The number of nitrogens with two attached hydrogens (primary N) is 1. The molecule has 0 radical (unpaired) electrons. The molecule has 6 fully saturated rings. The Morgan fingerprint density at radius 2 is 1.64 bits per heavy atom. The lowest BCUT2D eigenvalue weighted by molar-refractivity contribution is -0.145. The van der Waals surface area contributed by atoms with Crippen LogP contribution in [0.5, 0.6) is 0 Å². The summed E-state index contributed by atoms with van der Waals surface area (Å²) in [4.78, 5) is 33.2. The quantitative estimate of drug-likeness (QED) is 0.268. The molecule has 0 spiro atoms. The van der Waals surface area contributed by atoms with Gasteiger partial charge >= 0.3 is 0 Å². The zero-order valence-electron chi connectivity index (χ0n) is 22.7. The molecule has 6 N–H and O–H groups in total. The summed E-state index contributed by atoms with van der Waals surface area (Å²) < 4.78 is 29.2. The molecule has 0 aromatic heterocycles. The molecule has 6 heterocycles. The fourth-order valence-corrected chi connectivity index (χ4v) is 7.60. The first kappa shape index (κ1) is 27.7. The zero-order chi connectivity index (χ0) is 27.1. The molecule has 39 heavy (non-hydrogen) atoms. The third-order valence-corrected chi connectivity index (χ3v) is 9.82. The van der Waals surface area contributed by atoms with Crippen molar-refractivity contribution >= 4 is 11.8 Å². The Bertz CT molecular complexity index is 881. The van der Waals surface area contributed by atoms with Crippen molar-refractivity contribution in [3.05, 3.63) is 0 Å². The topological polar surface area (TPSA) is 121 Å². The second-order valence-electron chi connectivity index (χ2n) is 12.4. The van der Waals surface area contributed by atoms with Gasteiger partial charge in [0.05, 0.1) is 30.3 Å². The van der Waals surface area contributed by atoms with Crippen LogP contribution in [0.4, 0.5) is 8.78 Å². The Hall–Kier alpha value is -1.48. The summed E-state index contributed by atoms with van der Waals surface area (Å²) >= 11 is 0. The number of alkyl halides is 2. The number of amides is 2. The number of carbonyl (C=O) groups excluding carboxylic acids is 2. The number of halogens is 2. The number of hydrazine groups is 1. The summed E-state index contributed by atoms with van der Waals surface area (Å²) in [5.41, 5.74) is 9.22. The van der Waals surface area contributed by atoms with Crippen molar-refractivity contribution in [2.75, 3.05) is 65.4 Å². The first-order chi connectivity index (χ1) is 18.9. The highest BCUT2D eigenvalue weighted by molar-refractivity contribution is 5.81. The third-order valence-electron chi connectivity index (χ3n) is 9.82. The molecule has 13 heteroatoms. The fourth-order valence-electron chi connectivity index (χ4n) is 7.60. The van der Waals surface area contributed by atoms with Crippen LogP contribution < -0.4 is 27.1 Å². The maximum absolute atomic E-state index is 15.3. The summed E-state index contributed by atoms with van der Waals surface area (Å²) in [6, 6.07) is -0.374. The number of nitrogens with one attached hydrogen (secondary N) is 4. The van der Waals surface area contributed by atoms with E-state index < -0.39 is 42.7 Å². The third kappa shape index (κ3) is 5.68. The zero-order valence-corrected chi connectivity index (χ0v) is 22.7. The van der Waals surface area contributed by atoms with Gasteiger partial charge in [-0.25, -0.2) is 19.2 Å². The molecule has 6 aliphatic rings. The average Bonchev–Trinajstić information content (AvgIpc) is 3.23. The largest absolute Gasteiger partial charge is 0.350 e. The van der Waals surface area contributed by atoms with E-state index in [1.54, 1.807) is 5.01 Å². The highest BCUT2D eigenvalue weighted by Gasteiger charge is 2.49. The highest BCUT2D eigenvalue weighted by atomic mass is 19.1. The Kier molecular flexibility index (Phi) is 8.37. The van der Waals surface area contributed by atoms with Crippen LogP contribution in [0.25, 0.3) is 0 Å². The minimum Gasteiger partial charge on any atom is -0.350 e. The molecule has 0 bridgehead atoms. The summed E-state index contributed by atoms with van der Waals surface area (Å²) in [7, 11) is 0. The molecule has 220 valence electrons. The monoisotopic (exact) mass is 553 g/mol. The standard InChI is InChI=1S/C26H45F2N9O2/c27-17-10-31-24-21(23(29)33-37(24)13-17)25(38)32-20-12-30-11-19(28)22(20)35-8-4-16(5-9-35)26(39)36-14-18(15-36)34-6-2-1-3-7-34/h16-24,30-31,33H,1-15,29H2,(H,32,38). The van der Waals surface area contributed by atoms with Gasteiger partial charge in [0.25, 0.3) is 0 Å². The average molecular weight is 554 g/mol. The van der Waals surface area contributed by atoms with Crippen molar-refractivity contribution in [2.24, 2.45) is 17.6 Å². The van der Waals surface area contributed by atoms with Crippen molar-refractivity contribution in [1.82, 2.24) is 41.1 Å². The predicted octanol–water partition coefficient (Wildman–Crippen LogP) is -1.82. The number of nitrogens with zero attached hydrogens (tertiary/aromatic N) is 4. The lowest BCUT2D eigenvalue weighted by Crippen LogP contribution is -2.67. The van der Waals surface area contributed by atoms with Gasteiger partial charge in [-0.1, -0.05) is 6.42 Å². The molecule has 6 aliphatic heterocycles. The van der Waals surface area contributed by atoms with Crippen LogP contribution in [-0.2, 0) is 9.59 Å². The van der Waals surface area contributed by atoms with Crippen molar-refractivity contribution in [2.45, 2.75) is 74.9 Å². The van der Waals surface area contributed by atoms with Gasteiger partial charge in [-0.15, -0.1) is 0 Å². The first-order valence-corrected chi connectivity index (χ1v) is 15.0. The fraction of sp³-hybridized carbons (Fsp3) is 0.923. The van der Waals surface area contributed by atoms with Gasteiger partial charge in [0, 0.05) is 51.2 Å².